The minimum Gasteiger partial charge on any atom is -0.344 e. The van der Waals surface area contributed by atoms with E-state index in [0.717, 1.165) is 33.1 Å². The van der Waals surface area contributed by atoms with Gasteiger partial charge in [0, 0.05) is 10.9 Å². The van der Waals surface area contributed by atoms with Crippen molar-refractivity contribution in [2.24, 2.45) is 0 Å². The van der Waals surface area contributed by atoms with E-state index in [4.69, 9.17) is 12.2 Å². The van der Waals surface area contributed by atoms with Gasteiger partial charge in [-0.15, -0.1) is 10.2 Å². The van der Waals surface area contributed by atoms with Crippen LogP contribution in [0.1, 0.15) is 11.1 Å². The standard InChI is InChI=1S/C19H15N3S/c1-11-3-6-13(7-4-11)14-10-17(23)20-18-15-9-12(2)5-8-16(15)21-22-19(14)18/h3-10H,1-2H3,(H,20,23). The van der Waals surface area contributed by atoms with Crippen molar-refractivity contribution in [1.29, 1.82) is 0 Å². The Morgan fingerprint density at radius 2 is 1.61 bits per heavy atom. The number of aromatic nitrogens is 3. The number of benzene rings is 2. The zero-order chi connectivity index (χ0) is 16.0. The van der Waals surface area contributed by atoms with E-state index >= 15 is 0 Å². The fourth-order valence-electron chi connectivity index (χ4n) is 2.85. The summed E-state index contributed by atoms with van der Waals surface area (Å²) in [6.45, 7) is 4.15. The first-order valence-corrected chi connectivity index (χ1v) is 7.90. The second kappa shape index (κ2) is 5.25. The van der Waals surface area contributed by atoms with Gasteiger partial charge in [-0.25, -0.2) is 0 Å². The molecule has 23 heavy (non-hydrogen) atoms. The fraction of sp³-hybridized carbons (Fsp3) is 0.105. The Morgan fingerprint density at radius 3 is 2.39 bits per heavy atom. The van der Waals surface area contributed by atoms with Gasteiger partial charge in [-0.3, -0.25) is 0 Å². The molecule has 0 saturated carbocycles. The number of aryl methyl sites for hydroxylation is 2. The highest BCUT2D eigenvalue weighted by atomic mass is 32.1. The van der Waals surface area contributed by atoms with Crippen molar-refractivity contribution in [3.63, 3.8) is 0 Å². The number of fused-ring (bicyclic) bond motifs is 3. The number of hydrogen-bond donors (Lipinski definition) is 1. The number of pyridine rings is 1. The smallest absolute Gasteiger partial charge is 0.118 e. The van der Waals surface area contributed by atoms with Crippen LogP contribution in [0, 0.1) is 18.5 Å². The van der Waals surface area contributed by atoms with Crippen molar-refractivity contribution >= 4 is 34.2 Å². The van der Waals surface area contributed by atoms with E-state index in [-0.39, 0.29) is 0 Å². The van der Waals surface area contributed by atoms with Gasteiger partial charge in [0.25, 0.3) is 0 Å². The average molecular weight is 317 g/mol. The van der Waals surface area contributed by atoms with Crippen molar-refractivity contribution in [1.82, 2.24) is 15.2 Å². The quantitative estimate of drug-likeness (QED) is 0.391. The topological polar surface area (TPSA) is 41.6 Å². The average Bonchev–Trinajstić information content (AvgIpc) is 2.55. The Labute approximate surface area is 139 Å². The first kappa shape index (κ1) is 14.0. The zero-order valence-electron chi connectivity index (χ0n) is 12.9. The van der Waals surface area contributed by atoms with E-state index in [1.807, 2.05) is 18.2 Å². The molecule has 2 aromatic carbocycles. The molecule has 0 atom stereocenters. The third-order valence-electron chi connectivity index (χ3n) is 4.06. The number of nitrogens with one attached hydrogen (secondary N) is 1. The lowest BCUT2D eigenvalue weighted by Gasteiger charge is -2.09. The number of nitrogens with zero attached hydrogens (tertiary/aromatic N) is 2. The minimum absolute atomic E-state index is 0.698. The number of aromatic amines is 1. The van der Waals surface area contributed by atoms with E-state index in [0.29, 0.717) is 4.64 Å². The maximum absolute atomic E-state index is 5.44. The van der Waals surface area contributed by atoms with E-state index in [9.17, 15) is 0 Å². The molecule has 0 fully saturated rings. The number of H-pyrrole nitrogens is 1. The molecule has 3 nitrogen and oxygen atoms in total. The molecule has 1 N–H and O–H groups in total. The van der Waals surface area contributed by atoms with Crippen LogP contribution in [0.3, 0.4) is 0 Å². The highest BCUT2D eigenvalue weighted by molar-refractivity contribution is 7.71. The molecular weight excluding hydrogens is 302 g/mol. The summed E-state index contributed by atoms with van der Waals surface area (Å²) in [5, 5.41) is 9.88. The summed E-state index contributed by atoms with van der Waals surface area (Å²) in [5.41, 5.74) is 7.19. The van der Waals surface area contributed by atoms with Crippen LogP contribution >= 0.6 is 12.2 Å². The van der Waals surface area contributed by atoms with Crippen LogP contribution in [0.5, 0.6) is 0 Å². The molecule has 0 spiro atoms. The molecule has 0 aliphatic carbocycles. The molecule has 0 aliphatic heterocycles. The molecule has 0 bridgehead atoms. The van der Waals surface area contributed by atoms with Crippen LogP contribution in [0.2, 0.25) is 0 Å². The molecular formula is C19H15N3S. The largest absolute Gasteiger partial charge is 0.344 e. The van der Waals surface area contributed by atoms with Crippen LogP contribution in [-0.2, 0) is 0 Å². The molecule has 0 unspecified atom stereocenters. The summed E-state index contributed by atoms with van der Waals surface area (Å²) >= 11 is 5.44. The number of hydrogen-bond acceptors (Lipinski definition) is 3. The molecule has 112 valence electrons. The van der Waals surface area contributed by atoms with E-state index in [1.165, 1.54) is 11.1 Å². The second-order valence-corrected chi connectivity index (χ2v) is 6.30. The lowest BCUT2D eigenvalue weighted by atomic mass is 10.0. The number of rotatable bonds is 1. The molecule has 0 radical (unpaired) electrons. The van der Waals surface area contributed by atoms with Gasteiger partial charge < -0.3 is 4.98 Å². The Kier molecular flexibility index (Phi) is 3.20. The Hall–Kier alpha value is -2.59. The summed E-state index contributed by atoms with van der Waals surface area (Å²) in [6.07, 6.45) is 0. The fourth-order valence-corrected chi connectivity index (χ4v) is 3.07. The molecule has 2 aromatic heterocycles. The minimum atomic E-state index is 0.698. The Balaban J connectivity index is 2.13. The molecule has 0 amide bonds. The Morgan fingerprint density at radius 1 is 0.870 bits per heavy atom. The predicted octanol–water partition coefficient (Wildman–Crippen LogP) is 5.12. The van der Waals surface area contributed by atoms with Gasteiger partial charge in [-0.05, 0) is 37.6 Å². The third kappa shape index (κ3) is 2.41. The van der Waals surface area contributed by atoms with Crippen molar-refractivity contribution < 1.29 is 0 Å². The predicted molar refractivity (Wildman–Crippen MR) is 97.1 cm³/mol. The maximum Gasteiger partial charge on any atom is 0.118 e. The van der Waals surface area contributed by atoms with Crippen LogP contribution in [0.15, 0.2) is 48.5 Å². The van der Waals surface area contributed by atoms with Crippen LogP contribution in [0.25, 0.3) is 33.1 Å². The van der Waals surface area contributed by atoms with E-state index in [1.54, 1.807) is 0 Å². The van der Waals surface area contributed by atoms with Crippen LogP contribution in [0.4, 0.5) is 0 Å². The summed E-state index contributed by atoms with van der Waals surface area (Å²) in [5.74, 6) is 0. The highest BCUT2D eigenvalue weighted by Gasteiger charge is 2.10. The van der Waals surface area contributed by atoms with Gasteiger partial charge in [0.2, 0.25) is 0 Å². The van der Waals surface area contributed by atoms with Crippen molar-refractivity contribution in [2.45, 2.75) is 13.8 Å². The summed E-state index contributed by atoms with van der Waals surface area (Å²) in [7, 11) is 0. The van der Waals surface area contributed by atoms with Gasteiger partial charge in [0.05, 0.1) is 11.0 Å². The van der Waals surface area contributed by atoms with E-state index < -0.39 is 0 Å². The van der Waals surface area contributed by atoms with Crippen LogP contribution < -0.4 is 0 Å². The van der Waals surface area contributed by atoms with Gasteiger partial charge in [-0.2, -0.15) is 0 Å². The van der Waals surface area contributed by atoms with Crippen molar-refractivity contribution in [2.75, 3.05) is 0 Å². The first-order chi connectivity index (χ1) is 11.1. The molecule has 0 saturated heterocycles. The molecule has 0 aliphatic rings. The van der Waals surface area contributed by atoms with Crippen LogP contribution in [-0.4, -0.2) is 15.2 Å². The second-order valence-electron chi connectivity index (χ2n) is 5.86. The van der Waals surface area contributed by atoms with E-state index in [2.05, 4.69) is 59.4 Å². The maximum atomic E-state index is 5.44. The third-order valence-corrected chi connectivity index (χ3v) is 4.28. The summed E-state index contributed by atoms with van der Waals surface area (Å²) < 4.78 is 0.698. The van der Waals surface area contributed by atoms with Gasteiger partial charge >= 0.3 is 0 Å². The van der Waals surface area contributed by atoms with Crippen molar-refractivity contribution in [3.05, 3.63) is 64.3 Å². The Bertz CT molecular complexity index is 1100. The molecule has 4 heteroatoms. The molecule has 4 aromatic rings. The lowest BCUT2D eigenvalue weighted by Crippen LogP contribution is -1.94. The first-order valence-electron chi connectivity index (χ1n) is 7.49. The van der Waals surface area contributed by atoms with Crippen molar-refractivity contribution in [3.8, 4) is 11.1 Å². The normalized spacial score (nSPS) is 11.2. The highest BCUT2D eigenvalue weighted by Crippen LogP contribution is 2.30. The summed E-state index contributed by atoms with van der Waals surface area (Å²) in [4.78, 5) is 3.29. The van der Waals surface area contributed by atoms with Gasteiger partial charge in [0.15, 0.2) is 0 Å². The zero-order valence-corrected chi connectivity index (χ0v) is 13.7. The van der Waals surface area contributed by atoms with Gasteiger partial charge in [-0.1, -0.05) is 53.7 Å². The SMILES string of the molecule is Cc1ccc(-c2cc(=S)[nH]c3c2nnc2ccc(C)cc23)cc1. The van der Waals surface area contributed by atoms with Gasteiger partial charge in [0.1, 0.15) is 10.2 Å². The molecule has 4 rings (SSSR count). The summed E-state index contributed by atoms with van der Waals surface area (Å²) in [6, 6.07) is 16.5. The molecule has 2 heterocycles. The lowest BCUT2D eigenvalue weighted by molar-refractivity contribution is 1.11. The monoisotopic (exact) mass is 317 g/mol.